The predicted octanol–water partition coefficient (Wildman–Crippen LogP) is 1.99. The maximum atomic E-state index is 8.71. The van der Waals surface area contributed by atoms with Gasteiger partial charge in [0.15, 0.2) is 0 Å². The largest absolute Gasteiger partial charge is 0.330 e. The first kappa shape index (κ1) is 14.4. The fraction of sp³-hybridized carbons (Fsp3) is 0.917. The second-order valence-electron chi connectivity index (χ2n) is 5.05. The summed E-state index contributed by atoms with van der Waals surface area (Å²) in [5, 5.41) is 8.71. The summed E-state index contributed by atoms with van der Waals surface area (Å²) < 4.78 is 0. The molecule has 0 saturated carbocycles. The Morgan fingerprint density at radius 1 is 1.47 bits per heavy atom. The molecule has 2 N–H and O–H groups in total. The Hall–Kier alpha value is -0.590. The van der Waals surface area contributed by atoms with Crippen molar-refractivity contribution >= 4 is 0 Å². The fourth-order valence-corrected chi connectivity index (χ4v) is 1.62. The molecule has 0 aromatic heterocycles. The van der Waals surface area contributed by atoms with Gasteiger partial charge in [-0.1, -0.05) is 20.8 Å². The minimum Gasteiger partial charge on any atom is -0.330 e. The van der Waals surface area contributed by atoms with Crippen LogP contribution in [0.3, 0.4) is 0 Å². The maximum Gasteiger partial charge on any atom is 0.0638 e. The fourth-order valence-electron chi connectivity index (χ4n) is 1.62. The smallest absolute Gasteiger partial charge is 0.0638 e. The van der Waals surface area contributed by atoms with Gasteiger partial charge in [0.05, 0.1) is 12.5 Å². The van der Waals surface area contributed by atoms with E-state index in [-0.39, 0.29) is 5.41 Å². The topological polar surface area (TPSA) is 53.0 Å². The molecule has 0 aromatic rings. The molecule has 0 aliphatic carbocycles. The summed E-state index contributed by atoms with van der Waals surface area (Å²) in [6, 6.07) is 2.57. The van der Waals surface area contributed by atoms with Gasteiger partial charge in [-0.2, -0.15) is 5.26 Å². The first-order valence-corrected chi connectivity index (χ1v) is 5.78. The highest BCUT2D eigenvalue weighted by atomic mass is 15.2. The van der Waals surface area contributed by atoms with Crippen LogP contribution >= 0.6 is 0 Å². The number of nitrogens with zero attached hydrogens (tertiary/aromatic N) is 2. The van der Waals surface area contributed by atoms with Gasteiger partial charge < -0.3 is 5.73 Å². The summed E-state index contributed by atoms with van der Waals surface area (Å²) in [4.78, 5) is 2.37. The molecule has 0 aliphatic heterocycles. The van der Waals surface area contributed by atoms with Gasteiger partial charge in [-0.05, 0) is 31.8 Å². The van der Waals surface area contributed by atoms with Crippen LogP contribution in [-0.2, 0) is 0 Å². The van der Waals surface area contributed by atoms with E-state index in [9.17, 15) is 0 Å². The first-order chi connectivity index (χ1) is 6.96. The lowest BCUT2D eigenvalue weighted by Gasteiger charge is -2.35. The molecule has 15 heavy (non-hydrogen) atoms. The number of rotatable bonds is 7. The van der Waals surface area contributed by atoms with Crippen molar-refractivity contribution < 1.29 is 0 Å². The van der Waals surface area contributed by atoms with Crippen molar-refractivity contribution in [1.82, 2.24) is 4.90 Å². The van der Waals surface area contributed by atoms with Gasteiger partial charge in [-0.25, -0.2) is 0 Å². The van der Waals surface area contributed by atoms with Crippen LogP contribution in [0.1, 0.15) is 40.5 Å². The van der Waals surface area contributed by atoms with Gasteiger partial charge in [0, 0.05) is 12.6 Å². The van der Waals surface area contributed by atoms with Gasteiger partial charge >= 0.3 is 0 Å². The zero-order chi connectivity index (χ0) is 11.9. The van der Waals surface area contributed by atoms with E-state index in [1.807, 2.05) is 0 Å². The lowest BCUT2D eigenvalue weighted by Crippen LogP contribution is -2.43. The molecule has 0 saturated heterocycles. The van der Waals surface area contributed by atoms with E-state index in [0.717, 1.165) is 19.5 Å². The van der Waals surface area contributed by atoms with E-state index in [1.165, 1.54) is 0 Å². The molecule has 0 spiro atoms. The van der Waals surface area contributed by atoms with E-state index in [1.54, 1.807) is 0 Å². The minimum atomic E-state index is 0.138. The first-order valence-electron chi connectivity index (χ1n) is 5.78. The zero-order valence-corrected chi connectivity index (χ0v) is 10.6. The van der Waals surface area contributed by atoms with Crippen molar-refractivity contribution in [3.05, 3.63) is 0 Å². The lowest BCUT2D eigenvalue weighted by atomic mass is 9.92. The maximum absolute atomic E-state index is 8.71. The van der Waals surface area contributed by atoms with Crippen LogP contribution in [0, 0.1) is 16.7 Å². The molecule has 0 bridgehead atoms. The molecule has 0 rings (SSSR count). The molecule has 0 radical (unpaired) electrons. The molecule has 3 nitrogen and oxygen atoms in total. The van der Waals surface area contributed by atoms with Crippen molar-refractivity contribution in [3.8, 4) is 6.07 Å². The van der Waals surface area contributed by atoms with Gasteiger partial charge in [0.2, 0.25) is 0 Å². The summed E-state index contributed by atoms with van der Waals surface area (Å²) in [7, 11) is 0. The van der Waals surface area contributed by atoms with Crippen LogP contribution in [0.25, 0.3) is 0 Å². The Kier molecular flexibility index (Phi) is 6.55. The van der Waals surface area contributed by atoms with Crippen LogP contribution < -0.4 is 5.73 Å². The minimum absolute atomic E-state index is 0.138. The monoisotopic (exact) mass is 211 g/mol. The van der Waals surface area contributed by atoms with Crippen LogP contribution in [0.15, 0.2) is 0 Å². The third kappa shape index (κ3) is 5.76. The number of nitrogens with two attached hydrogens (primary N) is 1. The Bertz CT molecular complexity index is 205. The molecule has 0 aliphatic rings. The molecule has 3 heteroatoms. The van der Waals surface area contributed by atoms with Gasteiger partial charge in [-0.3, -0.25) is 4.90 Å². The molecule has 0 fully saturated rings. The van der Waals surface area contributed by atoms with Gasteiger partial charge in [0.1, 0.15) is 0 Å². The molecule has 0 amide bonds. The summed E-state index contributed by atoms with van der Waals surface area (Å²) in [6.07, 6.45) is 1.72. The summed E-state index contributed by atoms with van der Waals surface area (Å²) in [5.74, 6) is 0. The van der Waals surface area contributed by atoms with Gasteiger partial charge in [-0.15, -0.1) is 0 Å². The quantitative estimate of drug-likeness (QED) is 0.700. The van der Waals surface area contributed by atoms with Crippen LogP contribution in [0.5, 0.6) is 0 Å². The second kappa shape index (κ2) is 6.81. The van der Waals surface area contributed by atoms with E-state index in [0.29, 0.717) is 19.0 Å². The normalized spacial score (nSPS) is 13.9. The summed E-state index contributed by atoms with van der Waals surface area (Å²) in [6.45, 7) is 11.3. The Labute approximate surface area is 94.2 Å². The van der Waals surface area contributed by atoms with Crippen molar-refractivity contribution in [2.45, 2.75) is 46.6 Å². The highest BCUT2D eigenvalue weighted by Crippen LogP contribution is 2.17. The molecule has 0 aromatic carbocycles. The molecule has 88 valence electrons. The van der Waals surface area contributed by atoms with Crippen molar-refractivity contribution in [1.29, 1.82) is 5.26 Å². The summed E-state index contributed by atoms with van der Waals surface area (Å²) in [5.41, 5.74) is 5.87. The van der Waals surface area contributed by atoms with Crippen LogP contribution in [-0.4, -0.2) is 30.6 Å². The third-order valence-electron chi connectivity index (χ3n) is 2.70. The Balaban J connectivity index is 4.33. The average Bonchev–Trinajstić information content (AvgIpc) is 2.17. The molecule has 1 atom stereocenters. The van der Waals surface area contributed by atoms with Crippen molar-refractivity contribution in [3.63, 3.8) is 0 Å². The number of nitriles is 1. The molecule has 0 heterocycles. The molecular weight excluding hydrogens is 186 g/mol. The number of hydrogen-bond acceptors (Lipinski definition) is 3. The second-order valence-corrected chi connectivity index (χ2v) is 5.05. The van der Waals surface area contributed by atoms with E-state index in [4.69, 9.17) is 11.0 Å². The van der Waals surface area contributed by atoms with Crippen molar-refractivity contribution in [2.24, 2.45) is 11.1 Å². The average molecular weight is 211 g/mol. The van der Waals surface area contributed by atoms with Gasteiger partial charge in [0.25, 0.3) is 0 Å². The highest BCUT2D eigenvalue weighted by Gasteiger charge is 2.22. The standard InChI is InChI=1S/C12H25N3/c1-5-8-15(11(2)6-7-13)10-12(3,4)9-14/h11H,5-6,8-10,14H2,1-4H3. The molecular formula is C12H25N3. The number of hydrogen-bond donors (Lipinski definition) is 1. The predicted molar refractivity (Wildman–Crippen MR) is 64.4 cm³/mol. The zero-order valence-electron chi connectivity index (χ0n) is 10.6. The summed E-state index contributed by atoms with van der Waals surface area (Å²) >= 11 is 0. The van der Waals surface area contributed by atoms with Crippen LogP contribution in [0.4, 0.5) is 0 Å². The van der Waals surface area contributed by atoms with E-state index in [2.05, 4.69) is 38.7 Å². The Morgan fingerprint density at radius 3 is 2.47 bits per heavy atom. The van der Waals surface area contributed by atoms with Crippen LogP contribution in [0.2, 0.25) is 0 Å². The van der Waals surface area contributed by atoms with E-state index >= 15 is 0 Å². The Morgan fingerprint density at radius 2 is 2.07 bits per heavy atom. The lowest BCUT2D eigenvalue weighted by molar-refractivity contribution is 0.142. The van der Waals surface area contributed by atoms with Crippen molar-refractivity contribution in [2.75, 3.05) is 19.6 Å². The molecule has 1 unspecified atom stereocenters. The highest BCUT2D eigenvalue weighted by molar-refractivity contribution is 4.83. The third-order valence-corrected chi connectivity index (χ3v) is 2.70. The SMILES string of the molecule is CCCN(CC(C)(C)CN)C(C)CC#N. The van der Waals surface area contributed by atoms with E-state index < -0.39 is 0 Å².